The minimum Gasteiger partial charge on any atom is -0.444 e. The van der Waals surface area contributed by atoms with Gasteiger partial charge in [0.15, 0.2) is 5.82 Å². The molecule has 2 N–H and O–H groups in total. The first-order chi connectivity index (χ1) is 15.5. The predicted octanol–water partition coefficient (Wildman–Crippen LogP) is 5.02. The second-order valence-corrected chi connectivity index (χ2v) is 7.47. The van der Waals surface area contributed by atoms with Crippen molar-refractivity contribution < 1.29 is 18.1 Å². The van der Waals surface area contributed by atoms with Crippen molar-refractivity contribution in [2.24, 2.45) is 0 Å². The highest BCUT2D eigenvalue weighted by Gasteiger charge is 2.12. The smallest absolute Gasteiger partial charge is 0.319 e. The van der Waals surface area contributed by atoms with Crippen molar-refractivity contribution in [3.8, 4) is 22.9 Å². The molecule has 2 aromatic carbocycles. The van der Waals surface area contributed by atoms with Crippen LogP contribution in [0.1, 0.15) is 31.3 Å². The highest BCUT2D eigenvalue weighted by Crippen LogP contribution is 2.22. The Morgan fingerprint density at radius 2 is 1.69 bits per heavy atom. The summed E-state index contributed by atoms with van der Waals surface area (Å²) >= 11 is 0. The number of hydrogen-bond donors (Lipinski definition) is 2. The molecule has 2 heterocycles. The van der Waals surface area contributed by atoms with Gasteiger partial charge in [0.05, 0.1) is 5.69 Å². The monoisotopic (exact) mass is 435 g/mol. The molecule has 2 aromatic heterocycles. The number of carbonyl (C=O) groups excluding carboxylic acids is 1. The molecule has 32 heavy (non-hydrogen) atoms. The van der Waals surface area contributed by atoms with Gasteiger partial charge in [-0.1, -0.05) is 19.0 Å². The molecule has 0 unspecified atom stereocenters. The zero-order valence-corrected chi connectivity index (χ0v) is 17.6. The van der Waals surface area contributed by atoms with E-state index in [1.807, 2.05) is 13.8 Å². The van der Waals surface area contributed by atoms with Crippen LogP contribution in [0.4, 0.5) is 14.9 Å². The van der Waals surface area contributed by atoms with E-state index in [-0.39, 0.29) is 17.8 Å². The lowest BCUT2D eigenvalue weighted by molar-refractivity contribution is 0.252. The lowest BCUT2D eigenvalue weighted by atomic mass is 10.2. The summed E-state index contributed by atoms with van der Waals surface area (Å²) in [4.78, 5) is 20.9. The Labute approximate surface area is 183 Å². The van der Waals surface area contributed by atoms with Crippen LogP contribution in [0, 0.1) is 5.82 Å². The number of halogens is 1. The minimum absolute atomic E-state index is 0.184. The molecular formula is C23H22FN5O3. The van der Waals surface area contributed by atoms with E-state index in [1.165, 1.54) is 18.4 Å². The Balaban J connectivity index is 1.26. The fraction of sp³-hybridized carbons (Fsp3) is 0.217. The molecule has 9 heteroatoms. The summed E-state index contributed by atoms with van der Waals surface area (Å²) in [6, 6.07) is 12.7. The van der Waals surface area contributed by atoms with Gasteiger partial charge in [-0.05, 0) is 48.5 Å². The summed E-state index contributed by atoms with van der Waals surface area (Å²) in [5.41, 5.74) is 2.79. The first kappa shape index (κ1) is 21.2. The minimum atomic E-state index is -0.333. The Morgan fingerprint density at radius 3 is 2.38 bits per heavy atom. The van der Waals surface area contributed by atoms with Crippen LogP contribution in [0.15, 0.2) is 63.7 Å². The van der Waals surface area contributed by atoms with Gasteiger partial charge in [-0.25, -0.2) is 14.2 Å². The number of benzene rings is 2. The molecule has 4 aromatic rings. The van der Waals surface area contributed by atoms with E-state index in [2.05, 4.69) is 25.8 Å². The zero-order chi connectivity index (χ0) is 22.5. The van der Waals surface area contributed by atoms with Gasteiger partial charge in [0.25, 0.3) is 5.89 Å². The summed E-state index contributed by atoms with van der Waals surface area (Å²) in [7, 11) is 0. The number of oxazole rings is 1. The van der Waals surface area contributed by atoms with Crippen molar-refractivity contribution in [3.05, 3.63) is 72.1 Å². The van der Waals surface area contributed by atoms with E-state index in [1.54, 1.807) is 36.4 Å². The number of rotatable bonds is 7. The van der Waals surface area contributed by atoms with Crippen molar-refractivity contribution in [3.63, 3.8) is 0 Å². The van der Waals surface area contributed by atoms with Crippen LogP contribution in [-0.2, 0) is 6.42 Å². The topological polar surface area (TPSA) is 106 Å². The van der Waals surface area contributed by atoms with E-state index in [0.29, 0.717) is 47.5 Å². The molecule has 0 aliphatic rings. The Morgan fingerprint density at radius 1 is 1.00 bits per heavy atom. The molecule has 0 saturated carbocycles. The maximum Gasteiger partial charge on any atom is 0.319 e. The average Bonchev–Trinajstić information content (AvgIpc) is 3.45. The Hall–Kier alpha value is -4.01. The lowest BCUT2D eigenvalue weighted by Gasteiger charge is -2.07. The molecular weight excluding hydrogens is 413 g/mol. The summed E-state index contributed by atoms with van der Waals surface area (Å²) in [6.07, 6.45) is 2.02. The average molecular weight is 435 g/mol. The number of amides is 2. The van der Waals surface area contributed by atoms with Gasteiger partial charge >= 0.3 is 6.03 Å². The normalized spacial score (nSPS) is 11.0. The second-order valence-electron chi connectivity index (χ2n) is 7.47. The zero-order valence-electron chi connectivity index (χ0n) is 17.6. The maximum atomic E-state index is 13.0. The third kappa shape index (κ3) is 5.18. The maximum absolute atomic E-state index is 13.0. The molecule has 0 bridgehead atoms. The lowest BCUT2D eigenvalue weighted by Crippen LogP contribution is -2.30. The van der Waals surface area contributed by atoms with E-state index < -0.39 is 0 Å². The van der Waals surface area contributed by atoms with Crippen molar-refractivity contribution in [1.29, 1.82) is 0 Å². The Bertz CT molecular complexity index is 1180. The number of urea groups is 1. The van der Waals surface area contributed by atoms with Gasteiger partial charge in [-0.15, -0.1) is 0 Å². The summed E-state index contributed by atoms with van der Waals surface area (Å²) < 4.78 is 23.7. The van der Waals surface area contributed by atoms with Gasteiger partial charge in [-0.3, -0.25) is 0 Å². The van der Waals surface area contributed by atoms with Crippen molar-refractivity contribution in [1.82, 2.24) is 20.4 Å². The van der Waals surface area contributed by atoms with Crippen molar-refractivity contribution >= 4 is 11.7 Å². The van der Waals surface area contributed by atoms with E-state index in [0.717, 1.165) is 5.56 Å². The number of anilines is 1. The van der Waals surface area contributed by atoms with Crippen LogP contribution in [-0.4, -0.2) is 27.7 Å². The quantitative estimate of drug-likeness (QED) is 0.422. The van der Waals surface area contributed by atoms with Gasteiger partial charge in [0, 0.05) is 35.7 Å². The molecule has 8 nitrogen and oxygen atoms in total. The third-order valence-corrected chi connectivity index (χ3v) is 4.66. The summed E-state index contributed by atoms with van der Waals surface area (Å²) in [5.74, 6) is 1.37. The van der Waals surface area contributed by atoms with Crippen LogP contribution in [0.25, 0.3) is 22.9 Å². The number of carbonyl (C=O) groups is 1. The number of hydrogen-bond acceptors (Lipinski definition) is 6. The second kappa shape index (κ2) is 9.42. The van der Waals surface area contributed by atoms with Gasteiger partial charge < -0.3 is 19.6 Å². The van der Waals surface area contributed by atoms with Crippen LogP contribution in [0.5, 0.6) is 0 Å². The molecule has 0 radical (unpaired) electrons. The third-order valence-electron chi connectivity index (χ3n) is 4.66. The molecule has 0 spiro atoms. The SMILES string of the molecule is CC(C)c1noc(-c2ccc(NC(=O)NCCc3coc(-c4ccc(F)cc4)n3)cc2)n1. The number of aromatic nitrogens is 3. The van der Waals surface area contributed by atoms with Crippen LogP contribution in [0.2, 0.25) is 0 Å². The molecule has 0 aliphatic carbocycles. The van der Waals surface area contributed by atoms with Crippen LogP contribution < -0.4 is 10.6 Å². The number of nitrogens with zero attached hydrogens (tertiary/aromatic N) is 3. The highest BCUT2D eigenvalue weighted by molar-refractivity contribution is 5.89. The van der Waals surface area contributed by atoms with Crippen molar-refractivity contribution in [2.45, 2.75) is 26.2 Å². The fourth-order valence-electron chi connectivity index (χ4n) is 2.91. The first-order valence-electron chi connectivity index (χ1n) is 10.2. The summed E-state index contributed by atoms with van der Waals surface area (Å²) in [5, 5.41) is 9.50. The number of nitrogens with one attached hydrogen (secondary N) is 2. The molecule has 0 fully saturated rings. The highest BCUT2D eigenvalue weighted by atomic mass is 19.1. The fourth-order valence-corrected chi connectivity index (χ4v) is 2.91. The first-order valence-corrected chi connectivity index (χ1v) is 10.2. The van der Waals surface area contributed by atoms with E-state index >= 15 is 0 Å². The standard InChI is InChI=1S/C23H22FN5O3/c1-14(2)20-28-22(32-29-20)16-5-9-18(10-6-16)27-23(30)25-12-11-19-13-31-21(26-19)15-3-7-17(24)8-4-15/h3-10,13-14H,11-12H2,1-2H3,(H2,25,27,30). The molecule has 0 atom stereocenters. The van der Waals surface area contributed by atoms with Crippen LogP contribution in [0.3, 0.4) is 0 Å². The summed E-state index contributed by atoms with van der Waals surface area (Å²) in [6.45, 7) is 4.36. The largest absolute Gasteiger partial charge is 0.444 e. The molecule has 4 rings (SSSR count). The Kier molecular flexibility index (Phi) is 6.25. The van der Waals surface area contributed by atoms with Gasteiger partial charge in [0.2, 0.25) is 5.89 Å². The molecule has 0 saturated heterocycles. The van der Waals surface area contributed by atoms with Crippen molar-refractivity contribution in [2.75, 3.05) is 11.9 Å². The van der Waals surface area contributed by atoms with Gasteiger partial charge in [0.1, 0.15) is 12.1 Å². The van der Waals surface area contributed by atoms with E-state index in [4.69, 9.17) is 8.94 Å². The van der Waals surface area contributed by atoms with E-state index in [9.17, 15) is 9.18 Å². The van der Waals surface area contributed by atoms with Crippen LogP contribution >= 0.6 is 0 Å². The molecule has 2 amide bonds. The predicted molar refractivity (Wildman–Crippen MR) is 116 cm³/mol. The molecule has 0 aliphatic heterocycles. The van der Waals surface area contributed by atoms with Gasteiger partial charge in [-0.2, -0.15) is 4.98 Å². The molecule has 164 valence electrons.